The van der Waals surface area contributed by atoms with Gasteiger partial charge in [-0.05, 0) is 49.0 Å². The van der Waals surface area contributed by atoms with Gasteiger partial charge >= 0.3 is 0 Å². The standard InChI is InChI=1S/C16H23NO2/c1-3-12-8-13(4-5-15(12)18-2)16(10-19-11-16)14-6-7-17-9-14/h4-5,8,14,17H,3,6-7,9-11H2,1-2H3. The Labute approximate surface area is 115 Å². The van der Waals surface area contributed by atoms with Crippen molar-refractivity contribution in [2.24, 2.45) is 5.92 Å². The monoisotopic (exact) mass is 261 g/mol. The molecule has 3 nitrogen and oxygen atoms in total. The summed E-state index contributed by atoms with van der Waals surface area (Å²) >= 11 is 0. The summed E-state index contributed by atoms with van der Waals surface area (Å²) in [6.45, 7) is 6.19. The second-order valence-corrected chi connectivity index (χ2v) is 5.72. The first kappa shape index (κ1) is 12.9. The predicted octanol–water partition coefficient (Wildman–Crippen LogP) is 2.14. The summed E-state index contributed by atoms with van der Waals surface area (Å²) in [5, 5.41) is 3.49. The van der Waals surface area contributed by atoms with Crippen molar-refractivity contribution in [2.75, 3.05) is 33.4 Å². The van der Waals surface area contributed by atoms with Crippen LogP contribution in [0.1, 0.15) is 24.5 Å². The minimum Gasteiger partial charge on any atom is -0.496 e. The molecule has 2 fully saturated rings. The Bertz CT molecular complexity index is 448. The lowest BCUT2D eigenvalue weighted by Gasteiger charge is -2.46. The zero-order valence-corrected chi connectivity index (χ0v) is 11.9. The minimum atomic E-state index is 0.236. The Balaban J connectivity index is 1.95. The van der Waals surface area contributed by atoms with E-state index in [1.807, 2.05) is 0 Å². The smallest absolute Gasteiger partial charge is 0.122 e. The molecule has 1 unspecified atom stereocenters. The molecule has 0 spiro atoms. The summed E-state index contributed by atoms with van der Waals surface area (Å²) in [4.78, 5) is 0. The first-order valence-corrected chi connectivity index (χ1v) is 7.26. The van der Waals surface area contributed by atoms with Crippen LogP contribution in [0.15, 0.2) is 18.2 Å². The maximum absolute atomic E-state index is 5.58. The van der Waals surface area contributed by atoms with Gasteiger partial charge in [0.25, 0.3) is 0 Å². The highest BCUT2D eigenvalue weighted by atomic mass is 16.5. The van der Waals surface area contributed by atoms with Crippen molar-refractivity contribution in [3.63, 3.8) is 0 Å². The average molecular weight is 261 g/mol. The van der Waals surface area contributed by atoms with Crippen molar-refractivity contribution in [3.05, 3.63) is 29.3 Å². The maximum Gasteiger partial charge on any atom is 0.122 e. The Morgan fingerprint density at radius 3 is 2.79 bits per heavy atom. The minimum absolute atomic E-state index is 0.236. The fourth-order valence-corrected chi connectivity index (χ4v) is 3.45. The molecule has 3 heteroatoms. The molecule has 2 aliphatic rings. The van der Waals surface area contributed by atoms with Crippen LogP contribution in [0, 0.1) is 5.92 Å². The lowest BCUT2D eigenvalue weighted by molar-refractivity contribution is -0.0869. The van der Waals surface area contributed by atoms with Crippen molar-refractivity contribution >= 4 is 0 Å². The summed E-state index contributed by atoms with van der Waals surface area (Å²) in [7, 11) is 1.75. The van der Waals surface area contributed by atoms with Crippen LogP contribution in [0.2, 0.25) is 0 Å². The molecular weight excluding hydrogens is 238 g/mol. The van der Waals surface area contributed by atoms with E-state index in [-0.39, 0.29) is 5.41 Å². The van der Waals surface area contributed by atoms with Gasteiger partial charge in [-0.15, -0.1) is 0 Å². The molecule has 3 rings (SSSR count). The van der Waals surface area contributed by atoms with Crippen molar-refractivity contribution < 1.29 is 9.47 Å². The fraction of sp³-hybridized carbons (Fsp3) is 0.625. The van der Waals surface area contributed by atoms with E-state index in [0.717, 1.165) is 38.5 Å². The number of rotatable bonds is 4. The highest BCUT2D eigenvalue weighted by Gasteiger charge is 2.47. The summed E-state index contributed by atoms with van der Waals surface area (Å²) < 4.78 is 11.0. The van der Waals surface area contributed by atoms with Crippen molar-refractivity contribution in [1.82, 2.24) is 5.32 Å². The molecule has 0 radical (unpaired) electrons. The third-order valence-electron chi connectivity index (χ3n) is 4.80. The van der Waals surface area contributed by atoms with Crippen LogP contribution < -0.4 is 10.1 Å². The number of benzene rings is 1. The molecule has 19 heavy (non-hydrogen) atoms. The summed E-state index contributed by atoms with van der Waals surface area (Å²) in [5.74, 6) is 1.71. The molecule has 2 saturated heterocycles. The Hall–Kier alpha value is -1.06. The molecule has 2 heterocycles. The molecule has 0 amide bonds. The average Bonchev–Trinajstić information content (AvgIpc) is 2.91. The fourth-order valence-electron chi connectivity index (χ4n) is 3.45. The van der Waals surface area contributed by atoms with E-state index in [9.17, 15) is 0 Å². The number of aryl methyl sites for hydroxylation is 1. The van der Waals surface area contributed by atoms with Crippen LogP contribution in [-0.2, 0) is 16.6 Å². The molecule has 0 aromatic heterocycles. The third-order valence-corrected chi connectivity index (χ3v) is 4.80. The van der Waals surface area contributed by atoms with E-state index < -0.39 is 0 Å². The van der Waals surface area contributed by atoms with Crippen LogP contribution >= 0.6 is 0 Å². The summed E-state index contributed by atoms with van der Waals surface area (Å²) in [6.07, 6.45) is 2.27. The first-order chi connectivity index (χ1) is 9.30. The zero-order valence-electron chi connectivity index (χ0n) is 11.9. The van der Waals surface area contributed by atoms with E-state index in [2.05, 4.69) is 30.4 Å². The predicted molar refractivity (Wildman–Crippen MR) is 75.8 cm³/mol. The van der Waals surface area contributed by atoms with E-state index >= 15 is 0 Å². The van der Waals surface area contributed by atoms with Gasteiger partial charge in [0.1, 0.15) is 5.75 Å². The molecule has 0 aliphatic carbocycles. The van der Waals surface area contributed by atoms with Gasteiger partial charge in [-0.25, -0.2) is 0 Å². The van der Waals surface area contributed by atoms with Gasteiger partial charge in [0.2, 0.25) is 0 Å². The Morgan fingerprint density at radius 2 is 2.26 bits per heavy atom. The molecule has 1 aromatic rings. The van der Waals surface area contributed by atoms with E-state index in [0.29, 0.717) is 5.92 Å². The van der Waals surface area contributed by atoms with Crippen molar-refractivity contribution in [2.45, 2.75) is 25.2 Å². The molecule has 104 valence electrons. The molecule has 2 aliphatic heterocycles. The Morgan fingerprint density at radius 1 is 1.42 bits per heavy atom. The number of methoxy groups -OCH3 is 1. The highest BCUT2D eigenvalue weighted by molar-refractivity contribution is 5.42. The number of ether oxygens (including phenoxy) is 2. The van der Waals surface area contributed by atoms with Gasteiger partial charge in [0.15, 0.2) is 0 Å². The van der Waals surface area contributed by atoms with Gasteiger partial charge < -0.3 is 14.8 Å². The van der Waals surface area contributed by atoms with Crippen LogP contribution in [0.25, 0.3) is 0 Å². The first-order valence-electron chi connectivity index (χ1n) is 7.26. The van der Waals surface area contributed by atoms with E-state index in [1.54, 1.807) is 7.11 Å². The highest BCUT2D eigenvalue weighted by Crippen LogP contribution is 2.43. The summed E-state index contributed by atoms with van der Waals surface area (Å²) in [5.41, 5.74) is 2.97. The maximum atomic E-state index is 5.58. The number of nitrogens with one attached hydrogen (secondary N) is 1. The molecule has 0 bridgehead atoms. The van der Waals surface area contributed by atoms with Gasteiger partial charge in [0.05, 0.1) is 20.3 Å². The molecule has 0 saturated carbocycles. The normalized spacial score (nSPS) is 25.1. The van der Waals surface area contributed by atoms with Gasteiger partial charge in [-0.3, -0.25) is 0 Å². The molecule has 1 atom stereocenters. The van der Waals surface area contributed by atoms with Crippen LogP contribution in [0.4, 0.5) is 0 Å². The largest absolute Gasteiger partial charge is 0.496 e. The van der Waals surface area contributed by atoms with Crippen LogP contribution in [0.3, 0.4) is 0 Å². The zero-order chi connectivity index (χ0) is 13.3. The van der Waals surface area contributed by atoms with Gasteiger partial charge in [-0.2, -0.15) is 0 Å². The second-order valence-electron chi connectivity index (χ2n) is 5.72. The van der Waals surface area contributed by atoms with Crippen LogP contribution in [-0.4, -0.2) is 33.4 Å². The lowest BCUT2D eigenvalue weighted by Crippen LogP contribution is -2.53. The summed E-state index contributed by atoms with van der Waals surface area (Å²) in [6, 6.07) is 6.69. The Kier molecular flexibility index (Phi) is 3.50. The van der Waals surface area contributed by atoms with Gasteiger partial charge in [0, 0.05) is 5.41 Å². The van der Waals surface area contributed by atoms with Gasteiger partial charge in [-0.1, -0.05) is 19.1 Å². The topological polar surface area (TPSA) is 30.5 Å². The molecular formula is C16H23NO2. The quantitative estimate of drug-likeness (QED) is 0.900. The molecule has 1 N–H and O–H groups in total. The number of hydrogen-bond acceptors (Lipinski definition) is 3. The third kappa shape index (κ3) is 2.05. The molecule has 1 aromatic carbocycles. The van der Waals surface area contributed by atoms with E-state index in [1.165, 1.54) is 17.5 Å². The van der Waals surface area contributed by atoms with Crippen LogP contribution in [0.5, 0.6) is 5.75 Å². The van der Waals surface area contributed by atoms with Crippen molar-refractivity contribution in [3.8, 4) is 5.75 Å². The van der Waals surface area contributed by atoms with E-state index in [4.69, 9.17) is 9.47 Å². The SMILES string of the molecule is CCc1cc(C2(C3CCNC3)COC2)ccc1OC. The second kappa shape index (κ2) is 5.14. The number of hydrogen-bond donors (Lipinski definition) is 1. The lowest BCUT2D eigenvalue weighted by atomic mass is 9.68. The van der Waals surface area contributed by atoms with Crippen molar-refractivity contribution in [1.29, 1.82) is 0 Å².